The molecule has 0 saturated heterocycles. The van der Waals surface area contributed by atoms with Crippen molar-refractivity contribution in [3.63, 3.8) is 0 Å². The van der Waals surface area contributed by atoms with E-state index in [0.717, 1.165) is 11.3 Å². The van der Waals surface area contributed by atoms with Crippen molar-refractivity contribution in [2.75, 3.05) is 12.4 Å². The van der Waals surface area contributed by atoms with Gasteiger partial charge in [-0.3, -0.25) is 4.79 Å². The van der Waals surface area contributed by atoms with Gasteiger partial charge in [-0.05, 0) is 35.9 Å². The van der Waals surface area contributed by atoms with Crippen molar-refractivity contribution in [1.29, 1.82) is 0 Å². The Labute approximate surface area is 149 Å². The van der Waals surface area contributed by atoms with E-state index in [1.807, 2.05) is 18.2 Å². The van der Waals surface area contributed by atoms with Gasteiger partial charge in [-0.15, -0.1) is 0 Å². The van der Waals surface area contributed by atoms with Crippen molar-refractivity contribution < 1.29 is 14.7 Å². The third-order valence-electron chi connectivity index (χ3n) is 3.43. The first-order valence-electron chi connectivity index (χ1n) is 7.16. The zero-order valence-electron chi connectivity index (χ0n) is 12.8. The minimum Gasteiger partial charge on any atom is -0.480 e. The number of rotatable bonds is 6. The van der Waals surface area contributed by atoms with E-state index in [2.05, 4.69) is 10.6 Å². The molecule has 1 amide bonds. The molecule has 0 aliphatic rings. The summed E-state index contributed by atoms with van der Waals surface area (Å²) in [7, 11) is 1.77. The predicted octanol–water partition coefficient (Wildman–Crippen LogP) is 3.46. The van der Waals surface area contributed by atoms with Crippen LogP contribution >= 0.6 is 23.2 Å². The minimum atomic E-state index is -1.13. The minimum absolute atomic E-state index is 0.138. The number of carbonyl (C=O) groups excluding carboxylic acids is 1. The Morgan fingerprint density at radius 2 is 1.92 bits per heavy atom. The van der Waals surface area contributed by atoms with Gasteiger partial charge >= 0.3 is 5.97 Å². The molecule has 2 aromatic carbocycles. The van der Waals surface area contributed by atoms with Gasteiger partial charge in [0.25, 0.3) is 5.91 Å². The smallest absolute Gasteiger partial charge is 0.326 e. The maximum absolute atomic E-state index is 12.3. The van der Waals surface area contributed by atoms with Crippen LogP contribution in [0.2, 0.25) is 10.0 Å². The molecule has 0 spiro atoms. The summed E-state index contributed by atoms with van der Waals surface area (Å²) in [5.41, 5.74) is 1.78. The number of nitrogens with one attached hydrogen (secondary N) is 2. The molecule has 0 aliphatic carbocycles. The molecule has 2 aromatic rings. The van der Waals surface area contributed by atoms with Crippen LogP contribution in [0.4, 0.5) is 5.69 Å². The van der Waals surface area contributed by atoms with E-state index in [1.54, 1.807) is 19.2 Å². The average molecular weight is 367 g/mol. The number of anilines is 1. The number of carboxylic acids is 1. The normalized spacial score (nSPS) is 11.6. The Morgan fingerprint density at radius 1 is 1.17 bits per heavy atom. The first kappa shape index (κ1) is 18.1. The van der Waals surface area contributed by atoms with E-state index in [4.69, 9.17) is 23.2 Å². The van der Waals surface area contributed by atoms with E-state index in [1.165, 1.54) is 12.1 Å². The molecule has 1 atom stereocenters. The van der Waals surface area contributed by atoms with Gasteiger partial charge in [0.15, 0.2) is 0 Å². The van der Waals surface area contributed by atoms with Crippen LogP contribution < -0.4 is 10.6 Å². The number of carboxylic acid groups (broad SMARTS) is 1. The highest BCUT2D eigenvalue weighted by Gasteiger charge is 2.22. The van der Waals surface area contributed by atoms with Crippen molar-refractivity contribution in [2.24, 2.45) is 0 Å². The maximum atomic E-state index is 12.3. The van der Waals surface area contributed by atoms with Gasteiger partial charge in [-0.1, -0.05) is 35.3 Å². The van der Waals surface area contributed by atoms with Crippen LogP contribution in [0.15, 0.2) is 42.5 Å². The van der Waals surface area contributed by atoms with Gasteiger partial charge in [-0.25, -0.2) is 4.79 Å². The van der Waals surface area contributed by atoms with E-state index in [9.17, 15) is 14.7 Å². The summed E-state index contributed by atoms with van der Waals surface area (Å²) in [5.74, 6) is -1.71. The van der Waals surface area contributed by atoms with E-state index < -0.39 is 17.9 Å². The summed E-state index contributed by atoms with van der Waals surface area (Å²) in [6, 6.07) is 10.7. The lowest BCUT2D eigenvalue weighted by Crippen LogP contribution is -2.42. The monoisotopic (exact) mass is 366 g/mol. The molecule has 0 fully saturated rings. The fourth-order valence-electron chi connectivity index (χ4n) is 2.20. The van der Waals surface area contributed by atoms with Crippen molar-refractivity contribution >= 4 is 40.8 Å². The zero-order chi connectivity index (χ0) is 17.7. The molecule has 3 N–H and O–H groups in total. The first-order valence-corrected chi connectivity index (χ1v) is 7.91. The second-order valence-corrected chi connectivity index (χ2v) is 5.99. The van der Waals surface area contributed by atoms with Gasteiger partial charge in [0.05, 0.1) is 10.6 Å². The maximum Gasteiger partial charge on any atom is 0.326 e. The number of amides is 1. The summed E-state index contributed by atoms with van der Waals surface area (Å²) in [5, 5.41) is 15.4. The van der Waals surface area contributed by atoms with Gasteiger partial charge in [0.1, 0.15) is 6.04 Å². The lowest BCUT2D eigenvalue weighted by molar-refractivity contribution is -0.139. The molecule has 1 unspecified atom stereocenters. The van der Waals surface area contributed by atoms with Crippen LogP contribution in [-0.4, -0.2) is 30.1 Å². The van der Waals surface area contributed by atoms with E-state index in [0.29, 0.717) is 5.02 Å². The van der Waals surface area contributed by atoms with Crippen LogP contribution in [0, 0.1) is 0 Å². The molecule has 0 aromatic heterocycles. The Morgan fingerprint density at radius 3 is 2.58 bits per heavy atom. The zero-order valence-corrected chi connectivity index (χ0v) is 14.4. The third kappa shape index (κ3) is 4.63. The van der Waals surface area contributed by atoms with Crippen LogP contribution in [-0.2, 0) is 11.2 Å². The molecule has 7 heteroatoms. The molecule has 24 heavy (non-hydrogen) atoms. The number of hydrogen-bond donors (Lipinski definition) is 3. The summed E-state index contributed by atoms with van der Waals surface area (Å²) in [4.78, 5) is 23.8. The fraction of sp³-hybridized carbons (Fsp3) is 0.176. The number of halogens is 2. The molecule has 0 aliphatic heterocycles. The van der Waals surface area contributed by atoms with Crippen LogP contribution in [0.25, 0.3) is 0 Å². The molecule has 0 heterocycles. The van der Waals surface area contributed by atoms with Crippen molar-refractivity contribution in [3.8, 4) is 0 Å². The van der Waals surface area contributed by atoms with E-state index in [-0.39, 0.29) is 17.0 Å². The SMILES string of the molecule is CNc1cccc(CC(NC(=O)c2cc(Cl)ccc2Cl)C(=O)O)c1. The molecule has 0 saturated carbocycles. The van der Waals surface area contributed by atoms with Crippen molar-refractivity contribution in [1.82, 2.24) is 5.32 Å². The lowest BCUT2D eigenvalue weighted by atomic mass is 10.0. The second-order valence-electron chi connectivity index (χ2n) is 5.14. The van der Waals surface area contributed by atoms with Gasteiger partial charge < -0.3 is 15.7 Å². The highest BCUT2D eigenvalue weighted by molar-refractivity contribution is 6.35. The van der Waals surface area contributed by atoms with Crippen molar-refractivity contribution in [2.45, 2.75) is 12.5 Å². The first-order chi connectivity index (χ1) is 11.4. The summed E-state index contributed by atoms with van der Waals surface area (Å²) >= 11 is 11.8. The number of aliphatic carboxylic acids is 1. The third-order valence-corrected chi connectivity index (χ3v) is 4.00. The largest absolute Gasteiger partial charge is 0.480 e. The second kappa shape index (κ2) is 8.04. The molecule has 126 valence electrons. The Balaban J connectivity index is 2.17. The molecule has 0 radical (unpaired) electrons. The number of benzene rings is 2. The molecule has 0 bridgehead atoms. The predicted molar refractivity (Wildman–Crippen MR) is 95.0 cm³/mol. The van der Waals surface area contributed by atoms with Gasteiger partial charge in [0.2, 0.25) is 0 Å². The molecular formula is C17H16Cl2N2O3. The molecule has 5 nitrogen and oxygen atoms in total. The van der Waals surface area contributed by atoms with E-state index >= 15 is 0 Å². The Bertz CT molecular complexity index is 765. The highest BCUT2D eigenvalue weighted by Crippen LogP contribution is 2.21. The molecular weight excluding hydrogens is 351 g/mol. The standard InChI is InChI=1S/C17H16Cl2N2O3/c1-20-12-4-2-3-10(7-12)8-15(17(23)24)21-16(22)13-9-11(18)5-6-14(13)19/h2-7,9,15,20H,8H2,1H3,(H,21,22)(H,23,24). The van der Waals surface area contributed by atoms with Crippen LogP contribution in [0.3, 0.4) is 0 Å². The Kier molecular flexibility index (Phi) is 6.06. The van der Waals surface area contributed by atoms with Crippen molar-refractivity contribution in [3.05, 3.63) is 63.6 Å². The quantitative estimate of drug-likeness (QED) is 0.731. The van der Waals surface area contributed by atoms with Crippen LogP contribution in [0.1, 0.15) is 15.9 Å². The molecule has 2 rings (SSSR count). The average Bonchev–Trinajstić information content (AvgIpc) is 2.56. The number of carbonyl (C=O) groups is 2. The van der Waals surface area contributed by atoms with Gasteiger partial charge in [0, 0.05) is 24.2 Å². The van der Waals surface area contributed by atoms with Gasteiger partial charge in [-0.2, -0.15) is 0 Å². The summed E-state index contributed by atoms with van der Waals surface area (Å²) in [6.07, 6.45) is 0.148. The topological polar surface area (TPSA) is 78.4 Å². The number of hydrogen-bond acceptors (Lipinski definition) is 3. The van der Waals surface area contributed by atoms with Crippen LogP contribution in [0.5, 0.6) is 0 Å². The highest BCUT2D eigenvalue weighted by atomic mass is 35.5. The lowest BCUT2D eigenvalue weighted by Gasteiger charge is -2.16. The summed E-state index contributed by atoms with van der Waals surface area (Å²) < 4.78 is 0. The fourth-order valence-corrected chi connectivity index (χ4v) is 2.57. The summed E-state index contributed by atoms with van der Waals surface area (Å²) in [6.45, 7) is 0. The Hall–Kier alpha value is -2.24.